The second kappa shape index (κ2) is 4.78. The number of nitrogens with zero attached hydrogens (tertiary/aromatic N) is 1. The molecule has 18 heavy (non-hydrogen) atoms. The van der Waals surface area contributed by atoms with E-state index in [0.717, 1.165) is 0 Å². The number of sulfone groups is 1. The number of aromatic nitrogens is 1. The van der Waals surface area contributed by atoms with Crippen LogP contribution in [0.4, 0.5) is 0 Å². The topological polar surface area (TPSA) is 56.3 Å². The summed E-state index contributed by atoms with van der Waals surface area (Å²) in [7, 11) is -2.10. The van der Waals surface area contributed by atoms with Crippen molar-refractivity contribution in [2.75, 3.05) is 7.11 Å². The van der Waals surface area contributed by atoms with Crippen LogP contribution in [0.1, 0.15) is 5.56 Å². The van der Waals surface area contributed by atoms with Gasteiger partial charge in [-0.1, -0.05) is 6.07 Å². The molecule has 0 aliphatic carbocycles. The summed E-state index contributed by atoms with van der Waals surface area (Å²) in [5, 5.41) is -0.0184. The van der Waals surface area contributed by atoms with Crippen molar-refractivity contribution in [3.63, 3.8) is 0 Å². The highest BCUT2D eigenvalue weighted by Crippen LogP contribution is 2.23. The van der Waals surface area contributed by atoms with Gasteiger partial charge in [0.2, 0.25) is 9.84 Å². The van der Waals surface area contributed by atoms with Crippen LogP contribution in [0.15, 0.2) is 52.5 Å². The van der Waals surface area contributed by atoms with Gasteiger partial charge in [0.05, 0.1) is 12.0 Å². The van der Waals surface area contributed by atoms with Gasteiger partial charge in [-0.3, -0.25) is 0 Å². The van der Waals surface area contributed by atoms with Gasteiger partial charge in [-0.2, -0.15) is 0 Å². The van der Waals surface area contributed by atoms with E-state index in [1.807, 2.05) is 0 Å². The largest absolute Gasteiger partial charge is 0.497 e. The van der Waals surface area contributed by atoms with Crippen LogP contribution >= 0.6 is 0 Å². The molecule has 0 atom stereocenters. The Morgan fingerprint density at radius 2 is 1.83 bits per heavy atom. The first-order valence-corrected chi connectivity index (χ1v) is 6.70. The molecule has 0 N–H and O–H groups in total. The molecule has 4 nitrogen and oxygen atoms in total. The minimum Gasteiger partial charge on any atom is -0.497 e. The van der Waals surface area contributed by atoms with Gasteiger partial charge in [-0.15, -0.1) is 0 Å². The summed E-state index contributed by atoms with van der Waals surface area (Å²) in [6.07, 6.45) is 1.44. The maximum Gasteiger partial charge on any atom is 0.224 e. The Morgan fingerprint density at radius 3 is 2.39 bits per heavy atom. The Bertz CT molecular complexity index is 648. The first-order valence-electron chi connectivity index (χ1n) is 5.22. The van der Waals surface area contributed by atoms with E-state index in [1.165, 1.54) is 25.4 Å². The van der Waals surface area contributed by atoms with Crippen LogP contribution in [0, 0.1) is 6.92 Å². The van der Waals surface area contributed by atoms with E-state index in [0.29, 0.717) is 11.3 Å². The third-order valence-corrected chi connectivity index (χ3v) is 4.24. The number of benzene rings is 1. The Balaban J connectivity index is 2.51. The summed E-state index contributed by atoms with van der Waals surface area (Å²) < 4.78 is 29.6. The van der Waals surface area contributed by atoms with E-state index in [-0.39, 0.29) is 9.92 Å². The van der Waals surface area contributed by atoms with Crippen molar-refractivity contribution >= 4 is 9.84 Å². The molecule has 1 aromatic carbocycles. The molecule has 0 saturated carbocycles. The number of methoxy groups -OCH3 is 1. The molecule has 2 aromatic rings. The maximum absolute atomic E-state index is 12.3. The van der Waals surface area contributed by atoms with Crippen LogP contribution in [0.2, 0.25) is 0 Å². The van der Waals surface area contributed by atoms with E-state index in [1.54, 1.807) is 24.3 Å². The summed E-state index contributed by atoms with van der Waals surface area (Å²) in [5.74, 6) is 0.602. The molecule has 0 spiro atoms. The number of pyridine rings is 1. The summed E-state index contributed by atoms with van der Waals surface area (Å²) in [4.78, 5) is 4.06. The fourth-order valence-corrected chi connectivity index (χ4v) is 2.86. The molecule has 0 fully saturated rings. The van der Waals surface area contributed by atoms with Gasteiger partial charge < -0.3 is 4.74 Å². The number of hydrogen-bond acceptors (Lipinski definition) is 4. The SMILES string of the molecule is [CH2]c1cccnc1S(=O)(=O)c1ccc(OC)cc1. The third kappa shape index (κ3) is 2.22. The fourth-order valence-electron chi connectivity index (χ4n) is 1.53. The van der Waals surface area contributed by atoms with Crippen LogP contribution in [-0.2, 0) is 9.84 Å². The summed E-state index contributed by atoms with van der Waals surface area (Å²) >= 11 is 0. The lowest BCUT2D eigenvalue weighted by Gasteiger charge is -2.07. The van der Waals surface area contributed by atoms with E-state index >= 15 is 0 Å². The molecule has 5 heteroatoms. The van der Waals surface area contributed by atoms with Crippen molar-refractivity contribution in [3.05, 3.63) is 55.1 Å². The Hall–Kier alpha value is -1.88. The second-order valence-electron chi connectivity index (χ2n) is 3.65. The highest BCUT2D eigenvalue weighted by molar-refractivity contribution is 7.91. The van der Waals surface area contributed by atoms with Gasteiger partial charge in [-0.05, 0) is 42.8 Å². The smallest absolute Gasteiger partial charge is 0.224 e. The third-order valence-electron chi connectivity index (χ3n) is 2.47. The zero-order valence-electron chi connectivity index (χ0n) is 9.83. The highest BCUT2D eigenvalue weighted by atomic mass is 32.2. The average Bonchev–Trinajstić information content (AvgIpc) is 2.39. The van der Waals surface area contributed by atoms with Crippen molar-refractivity contribution < 1.29 is 13.2 Å². The lowest BCUT2D eigenvalue weighted by Crippen LogP contribution is -2.06. The quantitative estimate of drug-likeness (QED) is 0.850. The summed E-state index contributed by atoms with van der Waals surface area (Å²) in [5.41, 5.74) is 0.383. The standard InChI is InChI=1S/C13H12NO3S/c1-10-4-3-9-14-13(10)18(15,16)12-7-5-11(17-2)6-8-12/h3-9H,1H2,2H3. The van der Waals surface area contributed by atoms with Gasteiger partial charge in [0, 0.05) is 6.20 Å². The van der Waals surface area contributed by atoms with Gasteiger partial charge in [0.1, 0.15) is 5.75 Å². The molecule has 0 unspecified atom stereocenters. The lowest BCUT2D eigenvalue weighted by molar-refractivity contribution is 0.414. The first kappa shape index (κ1) is 12.6. The highest BCUT2D eigenvalue weighted by Gasteiger charge is 2.20. The van der Waals surface area contributed by atoms with E-state index in [4.69, 9.17) is 4.74 Å². The van der Waals surface area contributed by atoms with Crippen LogP contribution in [0.25, 0.3) is 0 Å². The number of hydrogen-bond donors (Lipinski definition) is 0. The average molecular weight is 262 g/mol. The van der Waals surface area contributed by atoms with E-state index < -0.39 is 9.84 Å². The molecular formula is C13H12NO3S. The zero-order chi connectivity index (χ0) is 13.2. The molecule has 2 rings (SSSR count). The normalized spacial score (nSPS) is 11.2. The Labute approximate surface area is 106 Å². The monoisotopic (exact) mass is 262 g/mol. The number of ether oxygens (including phenoxy) is 1. The summed E-state index contributed by atoms with van der Waals surface area (Å²) in [6, 6.07) is 9.43. The molecule has 1 heterocycles. The van der Waals surface area contributed by atoms with Crippen molar-refractivity contribution in [3.8, 4) is 5.75 Å². The van der Waals surface area contributed by atoms with Crippen molar-refractivity contribution in [1.29, 1.82) is 0 Å². The molecule has 0 saturated heterocycles. The molecule has 93 valence electrons. The van der Waals surface area contributed by atoms with E-state index in [9.17, 15) is 8.42 Å². The van der Waals surface area contributed by atoms with Crippen molar-refractivity contribution in [2.45, 2.75) is 9.92 Å². The van der Waals surface area contributed by atoms with E-state index in [2.05, 4.69) is 11.9 Å². The number of rotatable bonds is 3. The molecule has 0 bridgehead atoms. The fraction of sp³-hybridized carbons (Fsp3) is 0.0769. The predicted octanol–water partition coefficient (Wildman–Crippen LogP) is 2.11. The van der Waals surface area contributed by atoms with Crippen molar-refractivity contribution in [2.24, 2.45) is 0 Å². The molecule has 0 amide bonds. The minimum absolute atomic E-state index is 0.0184. The lowest BCUT2D eigenvalue weighted by atomic mass is 10.3. The Morgan fingerprint density at radius 1 is 1.17 bits per heavy atom. The van der Waals surface area contributed by atoms with Crippen molar-refractivity contribution in [1.82, 2.24) is 4.98 Å². The second-order valence-corrected chi connectivity index (χ2v) is 5.51. The Kier molecular flexibility index (Phi) is 3.34. The zero-order valence-corrected chi connectivity index (χ0v) is 10.6. The van der Waals surface area contributed by atoms with Crippen LogP contribution in [-0.4, -0.2) is 20.5 Å². The molecule has 1 radical (unpaired) electrons. The van der Waals surface area contributed by atoms with Gasteiger partial charge in [0.25, 0.3) is 0 Å². The van der Waals surface area contributed by atoms with Gasteiger partial charge in [0.15, 0.2) is 5.03 Å². The van der Waals surface area contributed by atoms with Crippen LogP contribution < -0.4 is 4.74 Å². The predicted molar refractivity (Wildman–Crippen MR) is 67.1 cm³/mol. The minimum atomic E-state index is -3.62. The molecule has 0 aliphatic heterocycles. The van der Waals surface area contributed by atoms with Gasteiger partial charge in [-0.25, -0.2) is 13.4 Å². The maximum atomic E-state index is 12.3. The first-order chi connectivity index (χ1) is 8.55. The van der Waals surface area contributed by atoms with Crippen LogP contribution in [0.3, 0.4) is 0 Å². The molecule has 0 aliphatic rings. The van der Waals surface area contributed by atoms with Crippen LogP contribution in [0.5, 0.6) is 5.75 Å². The van der Waals surface area contributed by atoms with Gasteiger partial charge >= 0.3 is 0 Å². The molecular weight excluding hydrogens is 250 g/mol. The molecule has 1 aromatic heterocycles. The summed E-state index contributed by atoms with van der Waals surface area (Å²) in [6.45, 7) is 3.68.